The zero-order valence-electron chi connectivity index (χ0n) is 9.46. The maximum Gasteiger partial charge on any atom is 0.231 e. The summed E-state index contributed by atoms with van der Waals surface area (Å²) in [5.41, 5.74) is 0.933. The smallest absolute Gasteiger partial charge is 0.231 e. The molecule has 1 aromatic carbocycles. The summed E-state index contributed by atoms with van der Waals surface area (Å²) in [7, 11) is 0. The molecule has 2 aliphatic heterocycles. The fourth-order valence-corrected chi connectivity index (χ4v) is 2.42. The molecule has 0 aliphatic carbocycles. The van der Waals surface area contributed by atoms with Gasteiger partial charge in [0.2, 0.25) is 6.79 Å². The number of hydrogen-bond donors (Lipinski definition) is 2. The summed E-state index contributed by atoms with van der Waals surface area (Å²) in [5.74, 6) is 1.50. The van der Waals surface area contributed by atoms with Gasteiger partial charge in [-0.05, 0) is 25.9 Å². The first-order chi connectivity index (χ1) is 8.33. The molecule has 2 N–H and O–H groups in total. The van der Waals surface area contributed by atoms with E-state index in [1.54, 1.807) is 0 Å². The fraction of sp³-hybridized carbons (Fsp3) is 0.500. The van der Waals surface area contributed by atoms with Crippen LogP contribution in [0.25, 0.3) is 0 Å². The number of benzene rings is 1. The molecule has 0 spiro atoms. The predicted molar refractivity (Wildman–Crippen MR) is 67.1 cm³/mol. The lowest BCUT2D eigenvalue weighted by Gasteiger charge is -2.25. The molecular formula is C12H15ClN2O2. The van der Waals surface area contributed by atoms with Crippen molar-refractivity contribution in [2.45, 2.75) is 18.9 Å². The van der Waals surface area contributed by atoms with Gasteiger partial charge in [0.25, 0.3) is 0 Å². The zero-order chi connectivity index (χ0) is 11.7. The van der Waals surface area contributed by atoms with Crippen LogP contribution in [0, 0.1) is 0 Å². The highest BCUT2D eigenvalue weighted by Crippen LogP contribution is 2.39. The van der Waals surface area contributed by atoms with E-state index in [1.165, 1.54) is 0 Å². The molecule has 3 rings (SSSR count). The molecule has 1 aromatic rings. The quantitative estimate of drug-likeness (QED) is 0.850. The van der Waals surface area contributed by atoms with Crippen LogP contribution in [0.3, 0.4) is 0 Å². The third-order valence-corrected chi connectivity index (χ3v) is 3.47. The summed E-state index contributed by atoms with van der Waals surface area (Å²) in [6, 6.07) is 4.22. The highest BCUT2D eigenvalue weighted by atomic mass is 35.5. The second-order valence-corrected chi connectivity index (χ2v) is 4.76. The van der Waals surface area contributed by atoms with Crippen molar-refractivity contribution in [3.63, 3.8) is 0 Å². The monoisotopic (exact) mass is 254 g/mol. The van der Waals surface area contributed by atoms with Gasteiger partial charge in [-0.3, -0.25) is 0 Å². The number of hydrogen-bond acceptors (Lipinski definition) is 4. The minimum Gasteiger partial charge on any atom is -0.454 e. The lowest BCUT2D eigenvalue weighted by atomic mass is 10.1. The molecule has 0 unspecified atom stereocenters. The lowest BCUT2D eigenvalue weighted by molar-refractivity contribution is 0.174. The molecule has 5 heteroatoms. The van der Waals surface area contributed by atoms with Gasteiger partial charge < -0.3 is 20.1 Å². The summed E-state index contributed by atoms with van der Waals surface area (Å²) in [5, 5.41) is 7.50. The Hall–Kier alpha value is -1.13. The Morgan fingerprint density at radius 1 is 1.18 bits per heavy atom. The number of fused-ring (bicyclic) bond motifs is 1. The Morgan fingerprint density at radius 2 is 1.88 bits per heavy atom. The maximum atomic E-state index is 6.21. The van der Waals surface area contributed by atoms with Gasteiger partial charge in [-0.15, -0.1) is 0 Å². The molecule has 92 valence electrons. The highest BCUT2D eigenvalue weighted by Gasteiger charge is 2.19. The molecule has 1 fully saturated rings. The third-order valence-electron chi connectivity index (χ3n) is 3.16. The number of anilines is 1. The molecule has 0 aromatic heterocycles. The van der Waals surface area contributed by atoms with Crippen LogP contribution in [0.1, 0.15) is 12.8 Å². The van der Waals surface area contributed by atoms with Crippen LogP contribution in [0.15, 0.2) is 12.1 Å². The van der Waals surface area contributed by atoms with Crippen LogP contribution in [-0.4, -0.2) is 25.9 Å². The molecular weight excluding hydrogens is 240 g/mol. The van der Waals surface area contributed by atoms with Gasteiger partial charge in [-0.2, -0.15) is 0 Å². The first kappa shape index (κ1) is 11.0. The summed E-state index contributed by atoms with van der Waals surface area (Å²) in [6.07, 6.45) is 2.23. The van der Waals surface area contributed by atoms with E-state index in [0.29, 0.717) is 11.1 Å². The minimum atomic E-state index is 0.280. The summed E-state index contributed by atoms with van der Waals surface area (Å²) >= 11 is 6.21. The zero-order valence-corrected chi connectivity index (χ0v) is 10.2. The topological polar surface area (TPSA) is 42.5 Å². The summed E-state index contributed by atoms with van der Waals surface area (Å²) in [6.45, 7) is 2.39. The minimum absolute atomic E-state index is 0.280. The van der Waals surface area contributed by atoms with Crippen LogP contribution in [-0.2, 0) is 0 Å². The molecule has 4 nitrogen and oxygen atoms in total. The maximum absolute atomic E-state index is 6.21. The first-order valence-electron chi connectivity index (χ1n) is 5.89. The van der Waals surface area contributed by atoms with Crippen LogP contribution >= 0.6 is 11.6 Å². The van der Waals surface area contributed by atoms with Gasteiger partial charge in [0, 0.05) is 18.2 Å². The summed E-state index contributed by atoms with van der Waals surface area (Å²) < 4.78 is 10.6. The average Bonchev–Trinajstić information content (AvgIpc) is 2.78. The molecule has 0 saturated carbocycles. The van der Waals surface area contributed by atoms with E-state index in [4.69, 9.17) is 21.1 Å². The molecule has 0 bridgehead atoms. The van der Waals surface area contributed by atoms with Crippen molar-refractivity contribution >= 4 is 17.3 Å². The lowest BCUT2D eigenvalue weighted by Crippen LogP contribution is -2.35. The van der Waals surface area contributed by atoms with Crippen LogP contribution in [0.2, 0.25) is 5.02 Å². The first-order valence-corrected chi connectivity index (χ1v) is 6.27. The number of nitrogens with one attached hydrogen (secondary N) is 2. The van der Waals surface area contributed by atoms with E-state index in [1.807, 2.05) is 12.1 Å². The van der Waals surface area contributed by atoms with Crippen molar-refractivity contribution in [1.29, 1.82) is 0 Å². The highest BCUT2D eigenvalue weighted by molar-refractivity contribution is 6.33. The Kier molecular flexibility index (Phi) is 2.99. The Bertz CT molecular complexity index is 419. The van der Waals surface area contributed by atoms with Gasteiger partial charge in [0.1, 0.15) is 0 Å². The van der Waals surface area contributed by atoms with Gasteiger partial charge in [-0.25, -0.2) is 0 Å². The third kappa shape index (κ3) is 2.28. The Morgan fingerprint density at radius 3 is 2.65 bits per heavy atom. The van der Waals surface area contributed by atoms with Crippen molar-refractivity contribution in [2.75, 3.05) is 25.2 Å². The van der Waals surface area contributed by atoms with E-state index in [9.17, 15) is 0 Å². The second-order valence-electron chi connectivity index (χ2n) is 4.35. The van der Waals surface area contributed by atoms with Gasteiger partial charge >= 0.3 is 0 Å². The average molecular weight is 255 g/mol. The van der Waals surface area contributed by atoms with Crippen molar-refractivity contribution < 1.29 is 9.47 Å². The Balaban J connectivity index is 1.78. The largest absolute Gasteiger partial charge is 0.454 e. The SMILES string of the molecule is Clc1cc2c(cc1NC1CCNCC1)OCO2. The molecule has 2 aliphatic rings. The molecule has 17 heavy (non-hydrogen) atoms. The molecule has 0 atom stereocenters. The molecule has 2 heterocycles. The number of halogens is 1. The van der Waals surface area contributed by atoms with Crippen LogP contribution < -0.4 is 20.1 Å². The molecule has 1 saturated heterocycles. The van der Waals surface area contributed by atoms with E-state index in [2.05, 4.69) is 10.6 Å². The van der Waals surface area contributed by atoms with E-state index >= 15 is 0 Å². The van der Waals surface area contributed by atoms with Gasteiger partial charge in [0.05, 0.1) is 10.7 Å². The van der Waals surface area contributed by atoms with Crippen molar-refractivity contribution in [3.8, 4) is 11.5 Å². The van der Waals surface area contributed by atoms with Crippen LogP contribution in [0.4, 0.5) is 5.69 Å². The van der Waals surface area contributed by atoms with Crippen molar-refractivity contribution in [2.24, 2.45) is 0 Å². The van der Waals surface area contributed by atoms with Crippen LogP contribution in [0.5, 0.6) is 11.5 Å². The predicted octanol–water partition coefficient (Wildman–Crippen LogP) is 2.23. The summed E-state index contributed by atoms with van der Waals surface area (Å²) in [4.78, 5) is 0. The van der Waals surface area contributed by atoms with E-state index in [0.717, 1.165) is 43.1 Å². The van der Waals surface area contributed by atoms with Gasteiger partial charge in [0.15, 0.2) is 11.5 Å². The number of ether oxygens (including phenoxy) is 2. The molecule has 0 radical (unpaired) electrons. The standard InChI is InChI=1S/C12H15ClN2O2/c13-9-5-11-12(17-7-16-11)6-10(9)15-8-1-3-14-4-2-8/h5-6,8,14-15H,1-4,7H2. The van der Waals surface area contributed by atoms with Crippen molar-refractivity contribution in [3.05, 3.63) is 17.2 Å². The van der Waals surface area contributed by atoms with E-state index < -0.39 is 0 Å². The number of piperidine rings is 1. The number of rotatable bonds is 2. The fourth-order valence-electron chi connectivity index (χ4n) is 2.21. The van der Waals surface area contributed by atoms with E-state index in [-0.39, 0.29) is 6.79 Å². The second kappa shape index (κ2) is 4.63. The van der Waals surface area contributed by atoms with Crippen molar-refractivity contribution in [1.82, 2.24) is 5.32 Å². The Labute approximate surface area is 105 Å². The molecule has 0 amide bonds. The van der Waals surface area contributed by atoms with Gasteiger partial charge in [-0.1, -0.05) is 11.6 Å². The normalized spacial score (nSPS) is 19.4.